The number of benzene rings is 3. The fraction of sp³-hybridized carbons (Fsp3) is 0.344. The van der Waals surface area contributed by atoms with Gasteiger partial charge in [-0.2, -0.15) is 5.26 Å². The van der Waals surface area contributed by atoms with E-state index < -0.39 is 23.3 Å². The molecule has 2 amide bonds. The largest absolute Gasteiger partial charge is 0.444 e. The SMILES string of the molecule is CCN(C(=O)OC(C)(C)C)C1CCN(C(=O)c2ccc(-c3cc4nnn(C)c4cc3F)c(-c3ccc(C#N)c(F)c3)c2)C1. The van der Waals surface area contributed by atoms with E-state index in [4.69, 9.17) is 4.74 Å². The zero-order valence-electron chi connectivity index (χ0n) is 24.7. The van der Waals surface area contributed by atoms with E-state index in [2.05, 4.69) is 10.3 Å². The Hall–Kier alpha value is -4.85. The molecule has 4 aromatic rings. The summed E-state index contributed by atoms with van der Waals surface area (Å²) in [5, 5.41) is 17.3. The molecule has 0 bridgehead atoms. The van der Waals surface area contributed by atoms with Crippen LogP contribution in [0.15, 0.2) is 48.5 Å². The smallest absolute Gasteiger partial charge is 0.410 e. The van der Waals surface area contributed by atoms with E-state index in [1.165, 1.54) is 22.9 Å². The van der Waals surface area contributed by atoms with Gasteiger partial charge in [-0.3, -0.25) is 4.79 Å². The maximum atomic E-state index is 15.5. The average Bonchev–Trinajstić information content (AvgIpc) is 3.58. The lowest BCUT2D eigenvalue weighted by atomic mass is 9.91. The van der Waals surface area contributed by atoms with Gasteiger partial charge in [-0.05, 0) is 81.1 Å². The van der Waals surface area contributed by atoms with Crippen molar-refractivity contribution in [3.05, 3.63) is 71.3 Å². The molecule has 1 atom stereocenters. The molecular weight excluding hydrogens is 554 g/mol. The highest BCUT2D eigenvalue weighted by atomic mass is 19.1. The normalized spacial score (nSPS) is 15.0. The molecule has 0 spiro atoms. The highest BCUT2D eigenvalue weighted by Crippen LogP contribution is 2.37. The number of rotatable bonds is 5. The number of nitrogens with zero attached hydrogens (tertiary/aromatic N) is 6. The summed E-state index contributed by atoms with van der Waals surface area (Å²) in [4.78, 5) is 29.8. The van der Waals surface area contributed by atoms with Crippen molar-refractivity contribution in [3.8, 4) is 28.3 Å². The molecule has 3 aromatic carbocycles. The average molecular weight is 587 g/mol. The van der Waals surface area contributed by atoms with Crippen molar-refractivity contribution >= 4 is 23.0 Å². The zero-order valence-corrected chi connectivity index (χ0v) is 24.7. The first-order valence-corrected chi connectivity index (χ1v) is 14.0. The minimum Gasteiger partial charge on any atom is -0.444 e. The number of carbonyl (C=O) groups excluding carboxylic acids is 2. The molecule has 11 heteroatoms. The van der Waals surface area contributed by atoms with Gasteiger partial charge in [0, 0.05) is 43.9 Å². The van der Waals surface area contributed by atoms with Crippen LogP contribution in [-0.2, 0) is 11.8 Å². The Morgan fingerprint density at radius 3 is 2.51 bits per heavy atom. The number of likely N-dealkylation sites (tertiary alicyclic amines) is 1. The molecule has 0 radical (unpaired) electrons. The Kier molecular flexibility index (Phi) is 7.88. The van der Waals surface area contributed by atoms with Crippen LogP contribution >= 0.6 is 0 Å². The summed E-state index contributed by atoms with van der Waals surface area (Å²) in [7, 11) is 1.66. The van der Waals surface area contributed by atoms with Gasteiger partial charge in [-0.25, -0.2) is 18.3 Å². The second-order valence-electron chi connectivity index (χ2n) is 11.6. The van der Waals surface area contributed by atoms with Gasteiger partial charge in [-0.1, -0.05) is 17.3 Å². The maximum Gasteiger partial charge on any atom is 0.410 e. The van der Waals surface area contributed by atoms with Gasteiger partial charge in [-0.15, -0.1) is 5.10 Å². The second-order valence-corrected chi connectivity index (χ2v) is 11.6. The van der Waals surface area contributed by atoms with Crippen LogP contribution in [0.1, 0.15) is 50.0 Å². The molecule has 1 aliphatic rings. The predicted molar refractivity (Wildman–Crippen MR) is 157 cm³/mol. The van der Waals surface area contributed by atoms with Crippen molar-refractivity contribution in [3.63, 3.8) is 0 Å². The minimum absolute atomic E-state index is 0.127. The Labute approximate surface area is 248 Å². The molecule has 1 fully saturated rings. The van der Waals surface area contributed by atoms with Gasteiger partial charge in [0.05, 0.1) is 17.1 Å². The van der Waals surface area contributed by atoms with Crippen LogP contribution in [0.3, 0.4) is 0 Å². The molecule has 2 heterocycles. The van der Waals surface area contributed by atoms with E-state index in [9.17, 15) is 19.2 Å². The highest BCUT2D eigenvalue weighted by molar-refractivity contribution is 5.98. The van der Waals surface area contributed by atoms with Crippen LogP contribution < -0.4 is 0 Å². The number of hydrogen-bond acceptors (Lipinski definition) is 6. The third-order valence-corrected chi connectivity index (χ3v) is 7.52. The Bertz CT molecular complexity index is 1770. The molecule has 43 heavy (non-hydrogen) atoms. The number of hydrogen-bond donors (Lipinski definition) is 0. The highest BCUT2D eigenvalue weighted by Gasteiger charge is 2.35. The van der Waals surface area contributed by atoms with E-state index in [-0.39, 0.29) is 23.1 Å². The number of likely N-dealkylation sites (N-methyl/N-ethyl adjacent to an activating group) is 1. The number of carbonyl (C=O) groups is 2. The standard InChI is InChI=1S/C32H32F2N6O3/c1-6-40(31(42)43-32(2,3)4)22-11-12-39(18-22)30(41)20-9-10-23(24(13-20)19-7-8-21(17-35)26(33)14-19)25-15-28-29(16-27(25)34)38(5)37-36-28/h7-10,13-16,22H,6,11-12,18H2,1-5H3. The van der Waals surface area contributed by atoms with Crippen molar-refractivity contribution in [2.45, 2.75) is 45.8 Å². The van der Waals surface area contributed by atoms with E-state index >= 15 is 4.39 Å². The first-order valence-electron chi connectivity index (χ1n) is 14.0. The molecule has 5 rings (SSSR count). The van der Waals surface area contributed by atoms with Crippen molar-refractivity contribution in [2.75, 3.05) is 19.6 Å². The van der Waals surface area contributed by atoms with Crippen LogP contribution in [0.2, 0.25) is 0 Å². The minimum atomic E-state index is -0.725. The Morgan fingerprint density at radius 1 is 1.07 bits per heavy atom. The number of ether oxygens (including phenoxy) is 1. The summed E-state index contributed by atoms with van der Waals surface area (Å²) in [6.45, 7) is 8.49. The van der Waals surface area contributed by atoms with Gasteiger partial charge in [0.15, 0.2) is 0 Å². The molecule has 0 aliphatic carbocycles. The zero-order chi connectivity index (χ0) is 31.1. The summed E-state index contributed by atoms with van der Waals surface area (Å²) >= 11 is 0. The molecule has 1 unspecified atom stereocenters. The fourth-order valence-corrected chi connectivity index (χ4v) is 5.40. The lowest BCUT2D eigenvalue weighted by Crippen LogP contribution is -2.45. The third kappa shape index (κ3) is 5.91. The first kappa shape index (κ1) is 29.6. The molecular formula is C32H32F2N6O3. The van der Waals surface area contributed by atoms with Crippen LogP contribution in [0, 0.1) is 23.0 Å². The summed E-state index contributed by atoms with van der Waals surface area (Å²) in [5.41, 5.74) is 1.97. The van der Waals surface area contributed by atoms with Crippen LogP contribution in [-0.4, -0.2) is 68.1 Å². The van der Waals surface area contributed by atoms with Gasteiger partial charge < -0.3 is 14.5 Å². The molecule has 0 N–H and O–H groups in total. The monoisotopic (exact) mass is 586 g/mol. The molecule has 0 saturated carbocycles. The van der Waals surface area contributed by atoms with Crippen LogP contribution in [0.25, 0.3) is 33.3 Å². The topological polar surface area (TPSA) is 104 Å². The maximum absolute atomic E-state index is 15.5. The van der Waals surface area contributed by atoms with Gasteiger partial charge in [0.2, 0.25) is 0 Å². The van der Waals surface area contributed by atoms with Gasteiger partial charge >= 0.3 is 6.09 Å². The van der Waals surface area contributed by atoms with E-state index in [0.717, 1.165) is 0 Å². The van der Waals surface area contributed by atoms with Crippen molar-refractivity contribution in [1.82, 2.24) is 24.8 Å². The predicted octanol–water partition coefficient (Wildman–Crippen LogP) is 5.92. The number of fused-ring (bicyclic) bond motifs is 1. The summed E-state index contributed by atoms with van der Waals surface area (Å²) in [6, 6.07) is 13.5. The number of nitriles is 1. The number of aryl methyl sites for hydroxylation is 1. The molecule has 9 nitrogen and oxygen atoms in total. The Balaban J connectivity index is 1.51. The van der Waals surface area contributed by atoms with Crippen molar-refractivity contribution in [2.24, 2.45) is 7.05 Å². The van der Waals surface area contributed by atoms with Crippen LogP contribution in [0.5, 0.6) is 0 Å². The molecule has 1 aromatic heterocycles. The molecule has 1 saturated heterocycles. The van der Waals surface area contributed by atoms with E-state index in [1.807, 2.05) is 6.92 Å². The van der Waals surface area contributed by atoms with Crippen LogP contribution in [0.4, 0.5) is 13.6 Å². The molecule has 1 aliphatic heterocycles. The first-order chi connectivity index (χ1) is 20.4. The van der Waals surface area contributed by atoms with E-state index in [0.29, 0.717) is 59.3 Å². The van der Waals surface area contributed by atoms with Crippen molar-refractivity contribution in [1.29, 1.82) is 5.26 Å². The quantitative estimate of drug-likeness (QED) is 0.287. The molecule has 222 valence electrons. The Morgan fingerprint density at radius 2 is 1.84 bits per heavy atom. The summed E-state index contributed by atoms with van der Waals surface area (Å²) in [5.74, 6) is -1.53. The second kappa shape index (κ2) is 11.4. The summed E-state index contributed by atoms with van der Waals surface area (Å²) < 4.78 is 37.3. The van der Waals surface area contributed by atoms with Gasteiger partial charge in [0.25, 0.3) is 5.91 Å². The van der Waals surface area contributed by atoms with Gasteiger partial charge in [0.1, 0.15) is 28.8 Å². The lowest BCUT2D eigenvalue weighted by molar-refractivity contribution is 0.0178. The number of aromatic nitrogens is 3. The summed E-state index contributed by atoms with van der Waals surface area (Å²) in [6.07, 6.45) is 0.166. The fourth-order valence-electron chi connectivity index (χ4n) is 5.40. The van der Waals surface area contributed by atoms with Crippen molar-refractivity contribution < 1.29 is 23.1 Å². The van der Waals surface area contributed by atoms with E-state index in [1.54, 1.807) is 74.0 Å². The number of amides is 2. The number of halogens is 2. The third-order valence-electron chi connectivity index (χ3n) is 7.52. The lowest BCUT2D eigenvalue weighted by Gasteiger charge is -2.30.